The number of benzene rings is 3. The highest BCUT2D eigenvalue weighted by atomic mass is 16.5. The number of hydrogen-bond donors (Lipinski definition) is 1. The molecule has 5 nitrogen and oxygen atoms in total. The quantitative estimate of drug-likeness (QED) is 0.392. The van der Waals surface area contributed by atoms with E-state index >= 15 is 0 Å². The van der Waals surface area contributed by atoms with Crippen LogP contribution in [0, 0.1) is 0 Å². The number of aromatic nitrogens is 1. The summed E-state index contributed by atoms with van der Waals surface area (Å²) in [4.78, 5) is 4.78. The lowest BCUT2D eigenvalue weighted by molar-refractivity contribution is -0.00302. The number of aliphatic hydroxyl groups excluding tert-OH is 1. The maximum absolute atomic E-state index is 9.78. The average Bonchev–Trinajstić information content (AvgIpc) is 2.90. The zero-order valence-corrected chi connectivity index (χ0v) is 18.8. The second-order valence-corrected chi connectivity index (χ2v) is 7.58. The number of pyridine rings is 1. The molecule has 5 heteroatoms. The molecular weight excluding hydrogens is 414 g/mol. The minimum Gasteiger partial charge on any atom is -0.497 e. The van der Waals surface area contributed by atoms with Crippen LogP contribution >= 0.6 is 0 Å². The molecule has 1 aromatic heterocycles. The molecule has 0 atom stereocenters. The summed E-state index contributed by atoms with van der Waals surface area (Å²) in [6, 6.07) is 31.2. The Kier molecular flexibility index (Phi) is 7.03. The first-order valence-corrected chi connectivity index (χ1v) is 10.7. The van der Waals surface area contributed by atoms with E-state index in [1.54, 1.807) is 20.3 Å². The van der Waals surface area contributed by atoms with Gasteiger partial charge in [-0.25, -0.2) is 0 Å². The highest BCUT2D eigenvalue weighted by molar-refractivity contribution is 5.48. The third kappa shape index (κ3) is 4.75. The molecule has 168 valence electrons. The fraction of sp³-hybridized carbons (Fsp3) is 0.179. The summed E-state index contributed by atoms with van der Waals surface area (Å²) >= 11 is 0. The van der Waals surface area contributed by atoms with Crippen LogP contribution in [0.1, 0.15) is 28.1 Å². The van der Waals surface area contributed by atoms with E-state index in [1.165, 1.54) is 0 Å². The van der Waals surface area contributed by atoms with Crippen molar-refractivity contribution in [3.8, 4) is 11.5 Å². The van der Waals surface area contributed by atoms with Gasteiger partial charge >= 0.3 is 0 Å². The van der Waals surface area contributed by atoms with Gasteiger partial charge in [0.1, 0.15) is 11.5 Å². The number of methoxy groups -OCH3 is 2. The molecule has 0 aliphatic heterocycles. The smallest absolute Gasteiger partial charge is 0.160 e. The van der Waals surface area contributed by atoms with Crippen molar-refractivity contribution < 1.29 is 19.3 Å². The van der Waals surface area contributed by atoms with Gasteiger partial charge < -0.3 is 19.3 Å². The number of aliphatic hydroxyl groups is 1. The van der Waals surface area contributed by atoms with E-state index in [4.69, 9.17) is 19.2 Å². The van der Waals surface area contributed by atoms with Crippen molar-refractivity contribution in [1.82, 2.24) is 4.98 Å². The van der Waals surface area contributed by atoms with Crippen LogP contribution in [-0.4, -0.2) is 24.3 Å². The largest absolute Gasteiger partial charge is 0.497 e. The highest BCUT2D eigenvalue weighted by Crippen LogP contribution is 2.41. The average molecular weight is 442 g/mol. The molecule has 0 unspecified atom stereocenters. The lowest BCUT2D eigenvalue weighted by Gasteiger charge is -2.35. The van der Waals surface area contributed by atoms with Gasteiger partial charge in [0.05, 0.1) is 38.8 Å². The standard InChI is InChI=1S/C28H27NO4/c1-31-25-15-11-22(12-16-25)28(23-13-17-26(32-2)18-14-23,27-10-6-9-24(19-30)29-27)33-20-21-7-4-3-5-8-21/h3-18,30H,19-20H2,1-2H3. The van der Waals surface area contributed by atoms with E-state index in [2.05, 4.69) is 0 Å². The van der Waals surface area contributed by atoms with Crippen molar-refractivity contribution in [1.29, 1.82) is 0 Å². The molecule has 0 aliphatic rings. The van der Waals surface area contributed by atoms with Crippen molar-refractivity contribution in [3.05, 3.63) is 125 Å². The van der Waals surface area contributed by atoms with Crippen molar-refractivity contribution in [2.24, 2.45) is 0 Å². The first-order chi connectivity index (χ1) is 16.2. The van der Waals surface area contributed by atoms with E-state index in [0.717, 1.165) is 28.2 Å². The number of rotatable bonds is 9. The molecule has 0 bridgehead atoms. The Bertz CT molecular complexity index is 1110. The van der Waals surface area contributed by atoms with Crippen molar-refractivity contribution in [3.63, 3.8) is 0 Å². The molecule has 1 N–H and O–H groups in total. The van der Waals surface area contributed by atoms with Crippen LogP contribution in [0.15, 0.2) is 97.1 Å². The lowest BCUT2D eigenvalue weighted by atomic mass is 9.82. The van der Waals surface area contributed by atoms with E-state index in [-0.39, 0.29) is 6.61 Å². The fourth-order valence-electron chi connectivity index (χ4n) is 3.88. The molecule has 0 saturated heterocycles. The third-order valence-electron chi connectivity index (χ3n) is 5.62. The molecule has 0 amide bonds. The Morgan fingerprint density at radius 1 is 0.697 bits per heavy atom. The Labute approximate surface area is 194 Å². The molecule has 0 saturated carbocycles. The summed E-state index contributed by atoms with van der Waals surface area (Å²) in [7, 11) is 3.29. The maximum atomic E-state index is 9.78. The van der Waals surface area contributed by atoms with E-state index in [0.29, 0.717) is 18.0 Å². The molecular formula is C28H27NO4. The predicted octanol–water partition coefficient (Wildman–Crippen LogP) is 5.10. The van der Waals surface area contributed by atoms with Gasteiger partial charge in [0.2, 0.25) is 0 Å². The molecule has 0 fully saturated rings. The maximum Gasteiger partial charge on any atom is 0.160 e. The predicted molar refractivity (Wildman–Crippen MR) is 127 cm³/mol. The van der Waals surface area contributed by atoms with Gasteiger partial charge in [0, 0.05) is 0 Å². The molecule has 3 aromatic carbocycles. The Balaban J connectivity index is 1.93. The normalized spacial score (nSPS) is 11.2. The summed E-state index contributed by atoms with van der Waals surface area (Å²) < 4.78 is 17.6. The topological polar surface area (TPSA) is 60.8 Å². The lowest BCUT2D eigenvalue weighted by Crippen LogP contribution is -2.34. The summed E-state index contributed by atoms with van der Waals surface area (Å²) in [5.74, 6) is 1.50. The van der Waals surface area contributed by atoms with Crippen molar-refractivity contribution >= 4 is 0 Å². The van der Waals surface area contributed by atoms with Gasteiger partial charge in [-0.1, -0.05) is 60.7 Å². The summed E-state index contributed by atoms with van der Waals surface area (Å²) in [6.07, 6.45) is 0. The molecule has 0 spiro atoms. The Morgan fingerprint density at radius 2 is 1.27 bits per heavy atom. The fourth-order valence-corrected chi connectivity index (χ4v) is 3.88. The van der Waals surface area contributed by atoms with E-state index in [1.807, 2.05) is 91.0 Å². The van der Waals surface area contributed by atoms with E-state index < -0.39 is 5.60 Å². The van der Waals surface area contributed by atoms with Gasteiger partial charge in [-0.15, -0.1) is 0 Å². The minimum absolute atomic E-state index is 0.159. The van der Waals surface area contributed by atoms with Crippen molar-refractivity contribution in [2.75, 3.05) is 14.2 Å². The van der Waals surface area contributed by atoms with Crippen LogP contribution in [-0.2, 0) is 23.6 Å². The van der Waals surface area contributed by atoms with Gasteiger partial charge in [-0.05, 0) is 53.1 Å². The van der Waals surface area contributed by atoms with Crippen LogP contribution in [0.3, 0.4) is 0 Å². The molecule has 0 radical (unpaired) electrons. The van der Waals surface area contributed by atoms with Crippen molar-refractivity contribution in [2.45, 2.75) is 18.8 Å². The van der Waals surface area contributed by atoms with Gasteiger partial charge in [-0.3, -0.25) is 4.98 Å². The van der Waals surface area contributed by atoms with Gasteiger partial charge in [-0.2, -0.15) is 0 Å². The number of nitrogens with zero attached hydrogens (tertiary/aromatic N) is 1. The molecule has 0 aliphatic carbocycles. The zero-order chi connectivity index (χ0) is 23.1. The third-order valence-corrected chi connectivity index (χ3v) is 5.62. The first-order valence-electron chi connectivity index (χ1n) is 10.7. The minimum atomic E-state index is -1.03. The number of ether oxygens (including phenoxy) is 3. The summed E-state index contributed by atoms with van der Waals surface area (Å²) in [5.41, 5.74) is 3.06. The van der Waals surface area contributed by atoms with Crippen LogP contribution in [0.25, 0.3) is 0 Å². The molecule has 33 heavy (non-hydrogen) atoms. The van der Waals surface area contributed by atoms with E-state index in [9.17, 15) is 5.11 Å². The highest BCUT2D eigenvalue weighted by Gasteiger charge is 2.39. The zero-order valence-electron chi connectivity index (χ0n) is 18.8. The second-order valence-electron chi connectivity index (χ2n) is 7.58. The molecule has 4 rings (SSSR count). The Morgan fingerprint density at radius 3 is 1.79 bits per heavy atom. The van der Waals surface area contributed by atoms with Gasteiger partial charge in [0.15, 0.2) is 5.60 Å². The monoisotopic (exact) mass is 441 g/mol. The number of hydrogen-bond acceptors (Lipinski definition) is 5. The summed E-state index contributed by atoms with van der Waals surface area (Å²) in [6.45, 7) is 0.206. The summed E-state index contributed by atoms with van der Waals surface area (Å²) in [5, 5.41) is 9.78. The van der Waals surface area contributed by atoms with Crippen LogP contribution < -0.4 is 9.47 Å². The van der Waals surface area contributed by atoms with Crippen LogP contribution in [0.2, 0.25) is 0 Å². The Hall–Kier alpha value is -3.67. The SMILES string of the molecule is COc1ccc(C(OCc2ccccc2)(c2ccc(OC)cc2)c2cccc(CO)n2)cc1. The van der Waals surface area contributed by atoms with Crippen LogP contribution in [0.4, 0.5) is 0 Å². The van der Waals surface area contributed by atoms with Gasteiger partial charge in [0.25, 0.3) is 0 Å². The first kappa shape index (κ1) is 22.5. The van der Waals surface area contributed by atoms with Crippen LogP contribution in [0.5, 0.6) is 11.5 Å². The second kappa shape index (κ2) is 10.3. The molecule has 4 aromatic rings. The molecule has 1 heterocycles.